The molecule has 0 saturated carbocycles. The number of esters is 1. The maximum absolute atomic E-state index is 12.2. The summed E-state index contributed by atoms with van der Waals surface area (Å²) in [6.07, 6.45) is 3.59. The van der Waals surface area contributed by atoms with Gasteiger partial charge in [0, 0.05) is 13.1 Å². The molecule has 1 atom stereocenters. The van der Waals surface area contributed by atoms with Crippen molar-refractivity contribution in [1.29, 1.82) is 0 Å². The Hall–Kier alpha value is -2.08. The maximum atomic E-state index is 12.2. The van der Waals surface area contributed by atoms with E-state index < -0.39 is 0 Å². The highest BCUT2D eigenvalue weighted by Gasteiger charge is 2.32. The molecule has 5 nitrogen and oxygen atoms in total. The number of likely N-dealkylation sites (tertiary alicyclic amines) is 1. The number of aryl methyl sites for hydroxylation is 1. The van der Waals surface area contributed by atoms with Gasteiger partial charge in [-0.15, -0.1) is 0 Å². The number of hydrogen-bond donors (Lipinski definition) is 0. The number of nitrogens with zero attached hydrogens (tertiary/aromatic N) is 2. The molecule has 2 aliphatic rings. The first-order valence-corrected chi connectivity index (χ1v) is 9.39. The van der Waals surface area contributed by atoms with Crippen LogP contribution in [0, 0.1) is 12.8 Å². The van der Waals surface area contributed by atoms with Gasteiger partial charge < -0.3 is 9.64 Å². The Kier molecular flexibility index (Phi) is 5.58. The topological polar surface area (TPSA) is 59.0 Å². The number of thioether (sulfide) groups is 1. The summed E-state index contributed by atoms with van der Waals surface area (Å²) in [5.41, 5.74) is 2.17. The highest BCUT2D eigenvalue weighted by atomic mass is 32.2. The molecule has 0 N–H and O–H groups in total. The van der Waals surface area contributed by atoms with Crippen LogP contribution in [0.2, 0.25) is 0 Å². The fraction of sp³-hybridized carbons (Fsp3) is 0.421. The van der Waals surface area contributed by atoms with Gasteiger partial charge in [0.05, 0.1) is 17.4 Å². The van der Waals surface area contributed by atoms with Crippen LogP contribution in [0.15, 0.2) is 34.2 Å². The van der Waals surface area contributed by atoms with Crippen molar-refractivity contribution in [1.82, 2.24) is 4.90 Å². The van der Waals surface area contributed by atoms with Crippen LogP contribution >= 0.6 is 11.8 Å². The molecule has 0 spiro atoms. The van der Waals surface area contributed by atoms with Crippen LogP contribution in [0.5, 0.6) is 0 Å². The number of carbonyl (C=O) groups excluding carboxylic acids is 2. The van der Waals surface area contributed by atoms with Gasteiger partial charge in [-0.2, -0.15) is 4.99 Å². The fourth-order valence-electron chi connectivity index (χ4n) is 2.95. The molecule has 1 aromatic carbocycles. The Balaban J connectivity index is 1.68. The van der Waals surface area contributed by atoms with Gasteiger partial charge in [0.1, 0.15) is 0 Å². The quantitative estimate of drug-likeness (QED) is 0.613. The molecule has 2 heterocycles. The minimum absolute atomic E-state index is 0.141. The van der Waals surface area contributed by atoms with Gasteiger partial charge in [-0.3, -0.25) is 9.59 Å². The molecule has 25 heavy (non-hydrogen) atoms. The van der Waals surface area contributed by atoms with E-state index in [1.807, 2.05) is 49.1 Å². The van der Waals surface area contributed by atoms with E-state index in [4.69, 9.17) is 4.74 Å². The van der Waals surface area contributed by atoms with Crippen LogP contribution in [-0.2, 0) is 14.3 Å². The summed E-state index contributed by atoms with van der Waals surface area (Å²) in [5, 5.41) is 0.692. The summed E-state index contributed by atoms with van der Waals surface area (Å²) in [4.78, 5) is 31.1. The van der Waals surface area contributed by atoms with Gasteiger partial charge in [0.15, 0.2) is 5.17 Å². The molecule has 1 aromatic rings. The molecule has 1 amide bonds. The predicted octanol–water partition coefficient (Wildman–Crippen LogP) is 3.24. The number of aliphatic imine (C=N–C) groups is 1. The number of carbonyl (C=O) groups is 2. The Morgan fingerprint density at radius 1 is 1.40 bits per heavy atom. The van der Waals surface area contributed by atoms with Crippen molar-refractivity contribution >= 4 is 34.9 Å². The summed E-state index contributed by atoms with van der Waals surface area (Å²) in [7, 11) is 0. The third-order valence-electron chi connectivity index (χ3n) is 4.30. The molecule has 132 valence electrons. The standard InChI is InChI=1S/C19H22N2O3S/c1-3-24-18(23)15-5-4-10-21(12-15)19-20-17(22)16(25-19)11-14-8-6-13(2)7-9-14/h6-9,11,15H,3-5,10,12H2,1-2H3/b16-11-/t15-/m0/s1. The van der Waals surface area contributed by atoms with Gasteiger partial charge in [0.25, 0.3) is 5.91 Å². The lowest BCUT2D eigenvalue weighted by Crippen LogP contribution is -2.41. The second-order valence-corrected chi connectivity index (χ2v) is 7.27. The van der Waals surface area contributed by atoms with E-state index >= 15 is 0 Å². The third kappa shape index (κ3) is 4.31. The molecule has 2 aliphatic heterocycles. The first kappa shape index (κ1) is 17.7. The lowest BCUT2D eigenvalue weighted by molar-refractivity contribution is -0.149. The van der Waals surface area contributed by atoms with Gasteiger partial charge in [0.2, 0.25) is 0 Å². The van der Waals surface area contributed by atoms with Crippen molar-refractivity contribution in [3.63, 3.8) is 0 Å². The summed E-state index contributed by atoms with van der Waals surface area (Å²) in [6.45, 7) is 5.62. The number of hydrogen-bond acceptors (Lipinski definition) is 5. The fourth-order valence-corrected chi connectivity index (χ4v) is 3.90. The van der Waals surface area contributed by atoms with Gasteiger partial charge in [-0.1, -0.05) is 29.8 Å². The summed E-state index contributed by atoms with van der Waals surface area (Å²) in [6, 6.07) is 8.03. The Bertz CT molecular complexity index is 725. The normalized spacial score (nSPS) is 22.2. The number of benzene rings is 1. The van der Waals surface area contributed by atoms with E-state index in [9.17, 15) is 9.59 Å². The van der Waals surface area contributed by atoms with E-state index in [2.05, 4.69) is 4.99 Å². The first-order chi connectivity index (χ1) is 12.1. The minimum atomic E-state index is -0.209. The maximum Gasteiger partial charge on any atom is 0.310 e. The van der Waals surface area contributed by atoms with Crippen molar-refractivity contribution in [2.75, 3.05) is 19.7 Å². The summed E-state index contributed by atoms with van der Waals surface area (Å²) in [5.74, 6) is -0.506. The lowest BCUT2D eigenvalue weighted by Gasteiger charge is -2.32. The zero-order valence-electron chi connectivity index (χ0n) is 14.5. The highest BCUT2D eigenvalue weighted by Crippen LogP contribution is 2.32. The van der Waals surface area contributed by atoms with E-state index in [-0.39, 0.29) is 17.8 Å². The molecule has 0 unspecified atom stereocenters. The number of amidine groups is 1. The number of amides is 1. The number of rotatable bonds is 3. The average Bonchev–Trinajstić information content (AvgIpc) is 2.98. The van der Waals surface area contributed by atoms with E-state index in [0.717, 1.165) is 24.9 Å². The van der Waals surface area contributed by atoms with E-state index in [1.54, 1.807) is 0 Å². The average molecular weight is 358 g/mol. The van der Waals surface area contributed by atoms with E-state index in [1.165, 1.54) is 17.3 Å². The highest BCUT2D eigenvalue weighted by molar-refractivity contribution is 8.18. The monoisotopic (exact) mass is 358 g/mol. The molecular formula is C19H22N2O3S. The zero-order chi connectivity index (χ0) is 17.8. The summed E-state index contributed by atoms with van der Waals surface area (Å²) >= 11 is 1.39. The number of piperidine rings is 1. The van der Waals surface area contributed by atoms with Crippen LogP contribution in [0.3, 0.4) is 0 Å². The molecule has 0 aromatic heterocycles. The van der Waals surface area contributed by atoms with Crippen molar-refractivity contribution in [3.05, 3.63) is 40.3 Å². The van der Waals surface area contributed by atoms with E-state index in [0.29, 0.717) is 23.2 Å². The second-order valence-electron chi connectivity index (χ2n) is 6.26. The molecule has 0 bridgehead atoms. The van der Waals surface area contributed by atoms with Gasteiger partial charge in [-0.05, 0) is 50.1 Å². The van der Waals surface area contributed by atoms with Crippen LogP contribution < -0.4 is 0 Å². The van der Waals surface area contributed by atoms with Crippen LogP contribution in [-0.4, -0.2) is 41.6 Å². The first-order valence-electron chi connectivity index (χ1n) is 8.57. The zero-order valence-corrected chi connectivity index (χ0v) is 15.3. The van der Waals surface area contributed by atoms with Crippen molar-refractivity contribution in [2.24, 2.45) is 10.9 Å². The van der Waals surface area contributed by atoms with Crippen LogP contribution in [0.25, 0.3) is 6.08 Å². The smallest absolute Gasteiger partial charge is 0.310 e. The second kappa shape index (κ2) is 7.87. The predicted molar refractivity (Wildman–Crippen MR) is 100 cm³/mol. The third-order valence-corrected chi connectivity index (χ3v) is 5.34. The summed E-state index contributed by atoms with van der Waals surface area (Å²) < 4.78 is 5.13. The molecule has 0 aliphatic carbocycles. The van der Waals surface area contributed by atoms with Crippen LogP contribution in [0.4, 0.5) is 0 Å². The SMILES string of the molecule is CCOC(=O)[C@H]1CCCN(C2=NC(=O)/C(=C/c3ccc(C)cc3)S2)C1. The lowest BCUT2D eigenvalue weighted by atomic mass is 9.99. The van der Waals surface area contributed by atoms with Crippen molar-refractivity contribution in [3.8, 4) is 0 Å². The molecular weight excluding hydrogens is 336 g/mol. The number of ether oxygens (including phenoxy) is 1. The largest absolute Gasteiger partial charge is 0.466 e. The molecule has 0 radical (unpaired) electrons. The Morgan fingerprint density at radius 2 is 2.16 bits per heavy atom. The molecule has 1 fully saturated rings. The minimum Gasteiger partial charge on any atom is -0.466 e. The Morgan fingerprint density at radius 3 is 2.88 bits per heavy atom. The molecule has 1 saturated heterocycles. The molecule has 6 heteroatoms. The Labute approximate surface area is 152 Å². The molecule has 3 rings (SSSR count). The van der Waals surface area contributed by atoms with Gasteiger partial charge >= 0.3 is 5.97 Å². The van der Waals surface area contributed by atoms with Crippen LogP contribution in [0.1, 0.15) is 30.9 Å². The van der Waals surface area contributed by atoms with Gasteiger partial charge in [-0.25, -0.2) is 0 Å². The van der Waals surface area contributed by atoms with Crippen molar-refractivity contribution < 1.29 is 14.3 Å². The van der Waals surface area contributed by atoms with Crippen molar-refractivity contribution in [2.45, 2.75) is 26.7 Å².